The molecular formula is C87H52N6S3. The van der Waals surface area contributed by atoms with Gasteiger partial charge < -0.3 is 4.57 Å². The van der Waals surface area contributed by atoms with Gasteiger partial charge in [0.1, 0.15) is 0 Å². The van der Waals surface area contributed by atoms with Crippen LogP contribution in [0, 0.1) is 0 Å². The second kappa shape index (κ2) is 21.3. The Hall–Kier alpha value is -11.9. The lowest BCUT2D eigenvalue weighted by atomic mass is 10.0. The van der Waals surface area contributed by atoms with Crippen LogP contribution in [0.4, 0.5) is 0 Å². The van der Waals surface area contributed by atoms with E-state index >= 15 is 0 Å². The predicted molar refractivity (Wildman–Crippen MR) is 412 cm³/mol. The Balaban J connectivity index is 0.00000312. The molecule has 21 aromatic rings. The maximum Gasteiger partial charge on any atom is 0.240 e. The second-order valence-electron chi connectivity index (χ2n) is 24.7. The summed E-state index contributed by atoms with van der Waals surface area (Å²) in [5, 5.41) is 16.9. The Kier molecular flexibility index (Phi) is 12.2. The molecule has 0 saturated heterocycles. The Morgan fingerprint density at radius 3 is 0.948 bits per heavy atom. The van der Waals surface area contributed by atoms with Gasteiger partial charge in [-0.05, 0) is 172 Å². The molecular weight excluding hydrogens is 1230 g/mol. The lowest BCUT2D eigenvalue weighted by Crippen LogP contribution is -2.10. The SMILES string of the molecule is C=C.c1ccc2c(c1)sc1ccc(-c3ccc4c(c3)c3ccccc3n4-c3ccc4cc(-c5nc(-n6c7ccccc7c7cc(-c8ccc9sc%10ccccc%10c9c8)ccc76)nc(-n6c7ccccc7c7cc(-c8ccc9sc%10ccccc%10c9c8)ccc76)n5)ccc4c3)cc12. The molecule has 6 nitrogen and oxygen atoms in total. The molecule has 7 heterocycles. The number of fused-ring (bicyclic) bond motifs is 19. The minimum Gasteiger partial charge on any atom is -0.309 e. The average Bonchev–Trinajstić information content (AvgIpc) is 1.57. The van der Waals surface area contributed by atoms with Crippen LogP contribution in [0.1, 0.15) is 0 Å². The van der Waals surface area contributed by atoms with E-state index in [1.807, 2.05) is 34.0 Å². The summed E-state index contributed by atoms with van der Waals surface area (Å²) in [6.07, 6.45) is 0. The van der Waals surface area contributed by atoms with Crippen LogP contribution >= 0.6 is 34.0 Å². The summed E-state index contributed by atoms with van der Waals surface area (Å²) in [5.74, 6) is 1.65. The third-order valence-electron chi connectivity index (χ3n) is 19.5. The van der Waals surface area contributed by atoms with Crippen molar-refractivity contribution in [2.45, 2.75) is 0 Å². The fraction of sp³-hybridized carbons (Fsp3) is 0. The maximum absolute atomic E-state index is 5.62. The Labute approximate surface area is 562 Å². The van der Waals surface area contributed by atoms with E-state index in [1.54, 1.807) is 0 Å². The van der Waals surface area contributed by atoms with E-state index in [0.717, 1.165) is 82.3 Å². The van der Waals surface area contributed by atoms with Gasteiger partial charge in [0.05, 0.1) is 33.1 Å². The third-order valence-corrected chi connectivity index (χ3v) is 23.0. The molecule has 96 heavy (non-hydrogen) atoms. The molecule has 14 aromatic carbocycles. The second-order valence-corrected chi connectivity index (χ2v) is 27.9. The van der Waals surface area contributed by atoms with Gasteiger partial charge in [0, 0.05) is 104 Å². The van der Waals surface area contributed by atoms with Crippen molar-refractivity contribution in [3.8, 4) is 62.4 Å². The number of para-hydroxylation sites is 3. The molecule has 0 bridgehead atoms. The van der Waals surface area contributed by atoms with E-state index in [9.17, 15) is 0 Å². The van der Waals surface area contributed by atoms with Gasteiger partial charge in [0.15, 0.2) is 5.82 Å². The Morgan fingerprint density at radius 2 is 0.521 bits per heavy atom. The van der Waals surface area contributed by atoms with E-state index in [4.69, 9.17) is 15.0 Å². The van der Waals surface area contributed by atoms with Crippen molar-refractivity contribution in [2.24, 2.45) is 0 Å². The fourth-order valence-electron chi connectivity index (χ4n) is 15.1. The molecule has 0 aliphatic rings. The molecule has 0 radical (unpaired) electrons. The molecule has 0 N–H and O–H groups in total. The molecule has 0 unspecified atom stereocenters. The number of rotatable bonds is 7. The number of nitrogens with zero attached hydrogens (tertiary/aromatic N) is 6. The van der Waals surface area contributed by atoms with E-state index in [2.05, 4.69) is 318 Å². The van der Waals surface area contributed by atoms with Crippen molar-refractivity contribution in [1.82, 2.24) is 28.7 Å². The molecule has 7 aromatic heterocycles. The molecule has 0 spiro atoms. The average molecular weight is 1280 g/mol. The van der Waals surface area contributed by atoms with Crippen LogP contribution in [0.5, 0.6) is 0 Å². The van der Waals surface area contributed by atoms with E-state index < -0.39 is 0 Å². The molecule has 0 atom stereocenters. The van der Waals surface area contributed by atoms with Crippen LogP contribution < -0.4 is 0 Å². The molecule has 0 aliphatic carbocycles. The predicted octanol–water partition coefficient (Wildman–Crippen LogP) is 24.9. The summed E-state index contributed by atoms with van der Waals surface area (Å²) in [4.78, 5) is 16.7. The standard InChI is InChI=1S/C85H48N6S3.C2H4/c1-7-19-71-59(13-1)65-43-51(54-31-38-80-68(46-54)62-16-4-10-22-77(62)92-80)28-35-74(65)89(71)58-34-27-49-41-57(26-25-50(49)42-58)83-86-84(90-72-20-8-2-14-60(72)66-44-52(29-36-75(66)90)55-32-39-81-69(47-55)63-17-5-11-23-78(63)93-81)88-85(87-83)91-73-21-9-3-15-61(73)67-45-53(30-37-76(67)91)56-33-40-82-70(48-56)64-18-6-12-24-79(64)94-82;1-2/h1-48H;1-2H2. The largest absolute Gasteiger partial charge is 0.309 e. The number of benzene rings is 14. The highest BCUT2D eigenvalue weighted by molar-refractivity contribution is 7.26. The van der Waals surface area contributed by atoms with Gasteiger partial charge in [-0.3, -0.25) is 9.13 Å². The van der Waals surface area contributed by atoms with Crippen LogP contribution in [-0.2, 0) is 0 Å². The van der Waals surface area contributed by atoms with Gasteiger partial charge in [-0.25, -0.2) is 0 Å². The monoisotopic (exact) mass is 1280 g/mol. The van der Waals surface area contributed by atoms with Crippen molar-refractivity contribution in [3.05, 3.63) is 304 Å². The Morgan fingerprint density at radius 1 is 0.219 bits per heavy atom. The summed E-state index contributed by atoms with van der Waals surface area (Å²) in [6.45, 7) is 6.00. The van der Waals surface area contributed by atoms with E-state index in [0.29, 0.717) is 17.7 Å². The number of hydrogen-bond donors (Lipinski definition) is 0. The summed E-state index contributed by atoms with van der Waals surface area (Å²) in [7, 11) is 0. The van der Waals surface area contributed by atoms with Gasteiger partial charge in [-0.2, -0.15) is 15.0 Å². The van der Waals surface area contributed by atoms with Gasteiger partial charge in [0.25, 0.3) is 0 Å². The molecule has 21 rings (SSSR count). The van der Waals surface area contributed by atoms with Crippen molar-refractivity contribution in [1.29, 1.82) is 0 Å². The van der Waals surface area contributed by atoms with Crippen LogP contribution in [0.15, 0.2) is 304 Å². The summed E-state index contributed by atoms with van der Waals surface area (Å²) < 4.78 is 14.7. The highest BCUT2D eigenvalue weighted by Gasteiger charge is 2.23. The smallest absolute Gasteiger partial charge is 0.240 e. The van der Waals surface area contributed by atoms with Gasteiger partial charge >= 0.3 is 0 Å². The number of aromatic nitrogens is 6. The molecule has 9 heteroatoms. The number of thiophene rings is 3. The topological polar surface area (TPSA) is 53.5 Å². The minimum absolute atomic E-state index is 0.537. The van der Waals surface area contributed by atoms with Crippen LogP contribution in [-0.4, -0.2) is 28.7 Å². The zero-order valence-corrected chi connectivity index (χ0v) is 54.0. The first-order valence-corrected chi connectivity index (χ1v) is 34.6. The van der Waals surface area contributed by atoms with Crippen molar-refractivity contribution in [2.75, 3.05) is 0 Å². The zero-order valence-electron chi connectivity index (χ0n) is 51.5. The van der Waals surface area contributed by atoms with Crippen molar-refractivity contribution in [3.63, 3.8) is 0 Å². The van der Waals surface area contributed by atoms with Crippen molar-refractivity contribution < 1.29 is 0 Å². The minimum atomic E-state index is 0.537. The normalized spacial score (nSPS) is 12.0. The summed E-state index contributed by atoms with van der Waals surface area (Å²) in [5.41, 5.74) is 15.5. The highest BCUT2D eigenvalue weighted by Crippen LogP contribution is 2.44. The van der Waals surface area contributed by atoms with E-state index in [1.165, 1.54) is 99.1 Å². The molecule has 0 saturated carbocycles. The molecule has 0 aliphatic heterocycles. The van der Waals surface area contributed by atoms with Crippen LogP contribution in [0.25, 0.3) is 199 Å². The summed E-state index contributed by atoms with van der Waals surface area (Å²) in [6, 6.07) is 107. The van der Waals surface area contributed by atoms with Crippen molar-refractivity contribution >= 4 is 171 Å². The first-order chi connectivity index (χ1) is 47.5. The zero-order chi connectivity index (χ0) is 63.3. The third kappa shape index (κ3) is 8.38. The molecule has 0 fully saturated rings. The first-order valence-electron chi connectivity index (χ1n) is 32.2. The summed E-state index contributed by atoms with van der Waals surface area (Å²) >= 11 is 5.55. The first kappa shape index (κ1) is 54.7. The quantitative estimate of drug-likeness (QED) is 0.149. The lowest BCUT2D eigenvalue weighted by molar-refractivity contribution is 0.893. The maximum atomic E-state index is 5.62. The highest BCUT2D eigenvalue weighted by atomic mass is 32.1. The lowest BCUT2D eigenvalue weighted by Gasteiger charge is -2.13. The Bertz CT molecular complexity index is 6600. The van der Waals surface area contributed by atoms with Crippen LogP contribution in [0.2, 0.25) is 0 Å². The van der Waals surface area contributed by atoms with E-state index in [-0.39, 0.29) is 0 Å². The van der Waals surface area contributed by atoms with Gasteiger partial charge in [-0.15, -0.1) is 47.2 Å². The molecule has 448 valence electrons. The molecule has 0 amide bonds. The van der Waals surface area contributed by atoms with Crippen LogP contribution in [0.3, 0.4) is 0 Å². The van der Waals surface area contributed by atoms with Gasteiger partial charge in [-0.1, -0.05) is 164 Å². The van der Waals surface area contributed by atoms with Gasteiger partial charge in [0.2, 0.25) is 11.9 Å². The number of hydrogen-bond acceptors (Lipinski definition) is 6. The fourth-order valence-corrected chi connectivity index (χ4v) is 18.3.